The maximum Gasteiger partial charge on any atom is 0.338 e. The summed E-state index contributed by atoms with van der Waals surface area (Å²) >= 11 is 0. The lowest BCUT2D eigenvalue weighted by molar-refractivity contribution is -0.130. The fourth-order valence-corrected chi connectivity index (χ4v) is 1.92. The number of fused-ring (bicyclic) bond motifs is 1. The summed E-state index contributed by atoms with van der Waals surface area (Å²) in [6.45, 7) is 7.45. The standard InChI is InChI=1S/C17H20O4/c1-6-11(2)16(18)20-15-9-12-7-8-17(3,4)21-13(12)10-14(15)19-5/h6-10H,1-5H3. The number of hydrogen-bond donors (Lipinski definition) is 0. The molecule has 1 heterocycles. The molecule has 0 saturated carbocycles. The predicted octanol–water partition coefficient (Wildman–Crippen LogP) is 3.75. The Morgan fingerprint density at radius 1 is 1.29 bits per heavy atom. The zero-order chi connectivity index (χ0) is 15.6. The van der Waals surface area contributed by atoms with Gasteiger partial charge in [-0.05, 0) is 39.8 Å². The third-order valence-electron chi connectivity index (χ3n) is 3.29. The third-order valence-corrected chi connectivity index (χ3v) is 3.29. The van der Waals surface area contributed by atoms with Crippen LogP contribution in [0.2, 0.25) is 0 Å². The van der Waals surface area contributed by atoms with Crippen LogP contribution in [0.25, 0.3) is 6.08 Å². The highest BCUT2D eigenvalue weighted by Gasteiger charge is 2.24. The molecule has 0 aromatic heterocycles. The molecule has 0 atom stereocenters. The lowest BCUT2D eigenvalue weighted by atomic mass is 10.0. The van der Waals surface area contributed by atoms with Crippen molar-refractivity contribution in [2.24, 2.45) is 0 Å². The van der Waals surface area contributed by atoms with Gasteiger partial charge in [0.1, 0.15) is 11.4 Å². The Hall–Kier alpha value is -2.23. The van der Waals surface area contributed by atoms with Gasteiger partial charge in [0.15, 0.2) is 11.5 Å². The van der Waals surface area contributed by atoms with Gasteiger partial charge < -0.3 is 14.2 Å². The molecule has 1 aliphatic rings. The molecule has 0 spiro atoms. The first-order chi connectivity index (χ1) is 9.86. The Balaban J connectivity index is 2.38. The Morgan fingerprint density at radius 3 is 2.62 bits per heavy atom. The van der Waals surface area contributed by atoms with E-state index in [4.69, 9.17) is 14.2 Å². The summed E-state index contributed by atoms with van der Waals surface area (Å²) in [6, 6.07) is 3.49. The number of benzene rings is 1. The summed E-state index contributed by atoms with van der Waals surface area (Å²) < 4.78 is 16.6. The normalized spacial score (nSPS) is 16.0. The van der Waals surface area contributed by atoms with E-state index in [1.54, 1.807) is 32.1 Å². The molecule has 4 nitrogen and oxygen atoms in total. The van der Waals surface area contributed by atoms with E-state index in [1.807, 2.05) is 26.0 Å². The van der Waals surface area contributed by atoms with Crippen molar-refractivity contribution in [3.05, 3.63) is 35.4 Å². The number of ether oxygens (including phenoxy) is 3. The summed E-state index contributed by atoms with van der Waals surface area (Å²) in [4.78, 5) is 11.9. The molecule has 1 aromatic carbocycles. The van der Waals surface area contributed by atoms with Gasteiger partial charge in [0.2, 0.25) is 0 Å². The first-order valence-corrected chi connectivity index (χ1v) is 6.81. The van der Waals surface area contributed by atoms with Crippen LogP contribution in [-0.4, -0.2) is 18.7 Å². The van der Waals surface area contributed by atoms with E-state index in [-0.39, 0.29) is 5.60 Å². The van der Waals surface area contributed by atoms with Crippen molar-refractivity contribution in [2.45, 2.75) is 33.3 Å². The molecule has 0 bridgehead atoms. The summed E-state index contributed by atoms with van der Waals surface area (Å²) in [5, 5.41) is 0. The molecule has 4 heteroatoms. The lowest BCUT2D eigenvalue weighted by Gasteiger charge is -2.28. The van der Waals surface area contributed by atoms with Crippen LogP contribution in [0.1, 0.15) is 33.3 Å². The Morgan fingerprint density at radius 2 is 2.00 bits per heavy atom. The van der Waals surface area contributed by atoms with Crippen LogP contribution in [0, 0.1) is 0 Å². The minimum Gasteiger partial charge on any atom is -0.493 e. The number of hydrogen-bond acceptors (Lipinski definition) is 4. The minimum absolute atomic E-state index is 0.363. The molecule has 112 valence electrons. The zero-order valence-corrected chi connectivity index (χ0v) is 13.0. The molecule has 0 amide bonds. The monoisotopic (exact) mass is 288 g/mol. The minimum atomic E-state index is -0.392. The van der Waals surface area contributed by atoms with Gasteiger partial charge in [-0.1, -0.05) is 12.2 Å². The van der Waals surface area contributed by atoms with Crippen LogP contribution >= 0.6 is 0 Å². The Bertz CT molecular complexity index is 624. The van der Waals surface area contributed by atoms with Crippen molar-refractivity contribution in [2.75, 3.05) is 7.11 Å². The first-order valence-electron chi connectivity index (χ1n) is 6.81. The smallest absolute Gasteiger partial charge is 0.338 e. The van der Waals surface area contributed by atoms with Crippen LogP contribution in [0.15, 0.2) is 29.9 Å². The van der Waals surface area contributed by atoms with Crippen molar-refractivity contribution in [1.82, 2.24) is 0 Å². The fourth-order valence-electron chi connectivity index (χ4n) is 1.92. The molecule has 0 fully saturated rings. The van der Waals surface area contributed by atoms with Crippen molar-refractivity contribution < 1.29 is 19.0 Å². The van der Waals surface area contributed by atoms with Gasteiger partial charge in [0, 0.05) is 17.2 Å². The molecule has 2 rings (SSSR count). The quantitative estimate of drug-likeness (QED) is 0.483. The highest BCUT2D eigenvalue weighted by atomic mass is 16.6. The maximum atomic E-state index is 11.9. The highest BCUT2D eigenvalue weighted by molar-refractivity contribution is 5.90. The van der Waals surface area contributed by atoms with Crippen LogP contribution in [0.5, 0.6) is 17.2 Å². The van der Waals surface area contributed by atoms with E-state index in [2.05, 4.69) is 0 Å². The van der Waals surface area contributed by atoms with Gasteiger partial charge in [-0.2, -0.15) is 0 Å². The number of esters is 1. The number of methoxy groups -OCH3 is 1. The maximum absolute atomic E-state index is 11.9. The van der Waals surface area contributed by atoms with Crippen LogP contribution in [-0.2, 0) is 4.79 Å². The van der Waals surface area contributed by atoms with E-state index < -0.39 is 5.97 Å². The highest BCUT2D eigenvalue weighted by Crippen LogP contribution is 2.39. The second-order valence-electron chi connectivity index (χ2n) is 5.44. The van der Waals surface area contributed by atoms with Crippen LogP contribution < -0.4 is 14.2 Å². The van der Waals surface area contributed by atoms with E-state index in [0.717, 1.165) is 5.56 Å². The summed E-state index contributed by atoms with van der Waals surface area (Å²) in [5.74, 6) is 1.17. The molecule has 21 heavy (non-hydrogen) atoms. The van der Waals surface area contributed by atoms with E-state index >= 15 is 0 Å². The molecule has 1 aliphatic heterocycles. The number of rotatable bonds is 3. The van der Waals surface area contributed by atoms with Gasteiger partial charge >= 0.3 is 5.97 Å². The van der Waals surface area contributed by atoms with Gasteiger partial charge in [-0.25, -0.2) is 4.79 Å². The van der Waals surface area contributed by atoms with Gasteiger partial charge in [-0.15, -0.1) is 0 Å². The fraction of sp³-hybridized carbons (Fsp3) is 0.353. The zero-order valence-electron chi connectivity index (χ0n) is 13.0. The third kappa shape index (κ3) is 3.27. The number of carbonyl (C=O) groups excluding carboxylic acids is 1. The first kappa shape index (κ1) is 15.2. The Labute approximate surface area is 125 Å². The average molecular weight is 288 g/mol. The van der Waals surface area contributed by atoms with Crippen molar-refractivity contribution in [3.63, 3.8) is 0 Å². The van der Waals surface area contributed by atoms with Gasteiger partial charge in [0.25, 0.3) is 0 Å². The lowest BCUT2D eigenvalue weighted by Crippen LogP contribution is -2.27. The second kappa shape index (κ2) is 5.64. The van der Waals surface area contributed by atoms with Gasteiger partial charge in [0.05, 0.1) is 7.11 Å². The topological polar surface area (TPSA) is 44.8 Å². The summed E-state index contributed by atoms with van der Waals surface area (Å²) in [5.41, 5.74) is 1.04. The molecule has 0 N–H and O–H groups in total. The molecular formula is C17H20O4. The molecule has 1 aromatic rings. The van der Waals surface area contributed by atoms with Crippen molar-refractivity contribution in [1.29, 1.82) is 0 Å². The van der Waals surface area contributed by atoms with Crippen LogP contribution in [0.4, 0.5) is 0 Å². The largest absolute Gasteiger partial charge is 0.493 e. The molecule has 0 radical (unpaired) electrons. The molecule has 0 saturated heterocycles. The molecular weight excluding hydrogens is 268 g/mol. The summed E-state index contributed by atoms with van der Waals surface area (Å²) in [6.07, 6.45) is 5.63. The van der Waals surface area contributed by atoms with Crippen molar-refractivity contribution in [3.8, 4) is 17.2 Å². The number of carbonyl (C=O) groups is 1. The van der Waals surface area contributed by atoms with Crippen LogP contribution in [0.3, 0.4) is 0 Å². The summed E-state index contributed by atoms with van der Waals surface area (Å²) in [7, 11) is 1.53. The number of allylic oxidation sites excluding steroid dienone is 1. The van der Waals surface area contributed by atoms with Gasteiger partial charge in [-0.3, -0.25) is 0 Å². The van der Waals surface area contributed by atoms with E-state index in [0.29, 0.717) is 22.8 Å². The van der Waals surface area contributed by atoms with E-state index in [9.17, 15) is 4.79 Å². The second-order valence-corrected chi connectivity index (χ2v) is 5.44. The van der Waals surface area contributed by atoms with E-state index in [1.165, 1.54) is 7.11 Å². The Kier molecular flexibility index (Phi) is 4.07. The SMILES string of the molecule is CC=C(C)C(=O)Oc1cc2c(cc1OC)OC(C)(C)C=C2. The predicted molar refractivity (Wildman–Crippen MR) is 81.8 cm³/mol. The molecule has 0 aliphatic carbocycles. The molecule has 0 unspecified atom stereocenters. The van der Waals surface area contributed by atoms with Crippen molar-refractivity contribution >= 4 is 12.0 Å². The average Bonchev–Trinajstić information content (AvgIpc) is 2.45.